The normalized spacial score (nSPS) is 21.2. The van der Waals surface area contributed by atoms with Crippen molar-refractivity contribution in [1.82, 2.24) is 25.5 Å². The fraction of sp³-hybridized carbons (Fsp3) is 0.857. The van der Waals surface area contributed by atoms with Gasteiger partial charge in [0.2, 0.25) is 0 Å². The third kappa shape index (κ3) is 3.40. The molecule has 0 amide bonds. The highest BCUT2D eigenvalue weighted by molar-refractivity contribution is 5.70. The Balaban J connectivity index is 1.66. The standard InChI is InChI=1S/C14H23N5O2/c1-21-13(20)9-14(7-3-2-4-8-14)15-10-12-16-17-18-19(12)11-5-6-11/h11,15H,2-10H2,1H3. The van der Waals surface area contributed by atoms with Crippen LogP contribution in [-0.2, 0) is 16.1 Å². The van der Waals surface area contributed by atoms with Crippen LogP contribution in [0.25, 0.3) is 0 Å². The number of nitrogens with zero attached hydrogens (tertiary/aromatic N) is 4. The van der Waals surface area contributed by atoms with Crippen molar-refractivity contribution in [3.05, 3.63) is 5.82 Å². The summed E-state index contributed by atoms with van der Waals surface area (Å²) in [7, 11) is 1.45. The van der Waals surface area contributed by atoms with E-state index in [1.165, 1.54) is 13.5 Å². The molecule has 2 aliphatic carbocycles. The van der Waals surface area contributed by atoms with E-state index in [0.717, 1.165) is 44.3 Å². The van der Waals surface area contributed by atoms with Gasteiger partial charge in [0.1, 0.15) is 0 Å². The van der Waals surface area contributed by atoms with Gasteiger partial charge < -0.3 is 10.1 Å². The maximum atomic E-state index is 11.7. The Bertz CT molecular complexity index is 491. The van der Waals surface area contributed by atoms with Crippen molar-refractivity contribution in [2.24, 2.45) is 0 Å². The quantitative estimate of drug-likeness (QED) is 0.798. The number of carbonyl (C=O) groups is 1. The number of hydrogen-bond donors (Lipinski definition) is 1. The highest BCUT2D eigenvalue weighted by Crippen LogP contribution is 2.35. The van der Waals surface area contributed by atoms with E-state index in [4.69, 9.17) is 4.74 Å². The Morgan fingerprint density at radius 1 is 1.38 bits per heavy atom. The van der Waals surface area contributed by atoms with Crippen LogP contribution in [0.3, 0.4) is 0 Å². The molecule has 21 heavy (non-hydrogen) atoms. The largest absolute Gasteiger partial charge is 0.469 e. The predicted octanol–water partition coefficient (Wildman–Crippen LogP) is 1.36. The Kier molecular flexibility index (Phi) is 4.19. The first kappa shape index (κ1) is 14.4. The topological polar surface area (TPSA) is 81.9 Å². The third-order valence-corrected chi connectivity index (χ3v) is 4.60. The van der Waals surface area contributed by atoms with E-state index >= 15 is 0 Å². The summed E-state index contributed by atoms with van der Waals surface area (Å²) < 4.78 is 6.78. The predicted molar refractivity (Wildman–Crippen MR) is 75.4 cm³/mol. The molecule has 116 valence electrons. The summed E-state index contributed by atoms with van der Waals surface area (Å²) in [5, 5.41) is 15.5. The number of nitrogens with one attached hydrogen (secondary N) is 1. The Hall–Kier alpha value is -1.50. The molecule has 0 aliphatic heterocycles. The van der Waals surface area contributed by atoms with E-state index in [9.17, 15) is 4.79 Å². The van der Waals surface area contributed by atoms with Crippen LogP contribution in [0.1, 0.15) is 63.2 Å². The van der Waals surface area contributed by atoms with Crippen molar-refractivity contribution in [2.75, 3.05) is 7.11 Å². The Labute approximate surface area is 124 Å². The number of hydrogen-bond acceptors (Lipinski definition) is 6. The molecule has 2 saturated carbocycles. The minimum Gasteiger partial charge on any atom is -0.469 e. The lowest BCUT2D eigenvalue weighted by molar-refractivity contribution is -0.142. The SMILES string of the molecule is COC(=O)CC1(NCc2nnnn2C2CC2)CCCCC1. The molecule has 1 aromatic heterocycles. The molecule has 3 rings (SSSR count). The van der Waals surface area contributed by atoms with Gasteiger partial charge in [-0.2, -0.15) is 0 Å². The monoisotopic (exact) mass is 293 g/mol. The number of rotatable bonds is 6. The molecule has 0 bridgehead atoms. The van der Waals surface area contributed by atoms with Crippen molar-refractivity contribution >= 4 is 5.97 Å². The highest BCUT2D eigenvalue weighted by Gasteiger charge is 2.35. The summed E-state index contributed by atoms with van der Waals surface area (Å²) in [4.78, 5) is 11.7. The lowest BCUT2D eigenvalue weighted by Gasteiger charge is -2.37. The van der Waals surface area contributed by atoms with Crippen molar-refractivity contribution in [1.29, 1.82) is 0 Å². The summed E-state index contributed by atoms with van der Waals surface area (Å²) in [6, 6.07) is 0.472. The summed E-state index contributed by atoms with van der Waals surface area (Å²) in [6.07, 6.45) is 8.30. The molecule has 0 unspecified atom stereocenters. The van der Waals surface area contributed by atoms with Crippen molar-refractivity contribution in [3.63, 3.8) is 0 Å². The fourth-order valence-corrected chi connectivity index (χ4v) is 3.19. The molecule has 2 fully saturated rings. The summed E-state index contributed by atoms with van der Waals surface area (Å²) in [5.74, 6) is 0.721. The van der Waals surface area contributed by atoms with Gasteiger partial charge in [-0.05, 0) is 36.1 Å². The molecule has 0 spiro atoms. The van der Waals surface area contributed by atoms with Crippen LogP contribution in [-0.4, -0.2) is 38.8 Å². The summed E-state index contributed by atoms with van der Waals surface area (Å²) >= 11 is 0. The van der Waals surface area contributed by atoms with E-state index in [-0.39, 0.29) is 11.5 Å². The maximum absolute atomic E-state index is 11.7. The minimum atomic E-state index is -0.161. The second kappa shape index (κ2) is 6.09. The number of esters is 1. The average Bonchev–Trinajstić information content (AvgIpc) is 3.24. The molecule has 0 aromatic carbocycles. The second-order valence-corrected chi connectivity index (χ2v) is 6.22. The van der Waals surface area contributed by atoms with Gasteiger partial charge in [0.25, 0.3) is 0 Å². The Morgan fingerprint density at radius 2 is 2.14 bits per heavy atom. The smallest absolute Gasteiger partial charge is 0.307 e. The summed E-state index contributed by atoms with van der Waals surface area (Å²) in [6.45, 7) is 0.612. The fourth-order valence-electron chi connectivity index (χ4n) is 3.19. The second-order valence-electron chi connectivity index (χ2n) is 6.22. The molecule has 1 aromatic rings. The molecule has 0 saturated heterocycles. The van der Waals surface area contributed by atoms with Crippen LogP contribution in [0.5, 0.6) is 0 Å². The molecule has 0 atom stereocenters. The number of methoxy groups -OCH3 is 1. The van der Waals surface area contributed by atoms with E-state index in [2.05, 4.69) is 20.8 Å². The van der Waals surface area contributed by atoms with Gasteiger partial charge in [0.15, 0.2) is 5.82 Å². The number of tetrazole rings is 1. The first-order valence-electron chi connectivity index (χ1n) is 7.81. The van der Waals surface area contributed by atoms with Crippen molar-refractivity contribution in [3.8, 4) is 0 Å². The highest BCUT2D eigenvalue weighted by atomic mass is 16.5. The van der Waals surface area contributed by atoms with Gasteiger partial charge in [-0.25, -0.2) is 4.68 Å². The van der Waals surface area contributed by atoms with Gasteiger partial charge in [-0.3, -0.25) is 4.79 Å². The molecular weight excluding hydrogens is 270 g/mol. The molecular formula is C14H23N5O2. The van der Waals surface area contributed by atoms with Crippen LogP contribution in [0, 0.1) is 0 Å². The molecule has 7 heteroatoms. The van der Waals surface area contributed by atoms with Gasteiger partial charge >= 0.3 is 5.97 Å². The van der Waals surface area contributed by atoms with Gasteiger partial charge in [-0.1, -0.05) is 19.3 Å². The van der Waals surface area contributed by atoms with Crippen molar-refractivity contribution < 1.29 is 9.53 Å². The minimum absolute atomic E-state index is 0.147. The summed E-state index contributed by atoms with van der Waals surface area (Å²) in [5.41, 5.74) is -0.161. The van der Waals surface area contributed by atoms with Crippen LogP contribution in [0.15, 0.2) is 0 Å². The van der Waals surface area contributed by atoms with E-state index in [1.54, 1.807) is 0 Å². The number of carbonyl (C=O) groups excluding carboxylic acids is 1. The Morgan fingerprint density at radius 3 is 2.81 bits per heavy atom. The van der Waals surface area contributed by atoms with Gasteiger partial charge in [0.05, 0.1) is 26.1 Å². The first-order chi connectivity index (χ1) is 10.2. The molecule has 0 radical (unpaired) electrons. The third-order valence-electron chi connectivity index (χ3n) is 4.60. The average molecular weight is 293 g/mol. The molecule has 7 nitrogen and oxygen atoms in total. The van der Waals surface area contributed by atoms with E-state index < -0.39 is 0 Å². The lowest BCUT2D eigenvalue weighted by Crippen LogP contribution is -2.48. The van der Waals surface area contributed by atoms with E-state index in [0.29, 0.717) is 19.0 Å². The maximum Gasteiger partial charge on any atom is 0.307 e. The lowest BCUT2D eigenvalue weighted by atomic mass is 9.79. The van der Waals surface area contributed by atoms with Crippen LogP contribution >= 0.6 is 0 Å². The first-order valence-corrected chi connectivity index (χ1v) is 7.81. The van der Waals surface area contributed by atoms with Crippen LogP contribution in [0.2, 0.25) is 0 Å². The van der Waals surface area contributed by atoms with Gasteiger partial charge in [0, 0.05) is 5.54 Å². The number of ether oxygens (including phenoxy) is 1. The van der Waals surface area contributed by atoms with Crippen LogP contribution < -0.4 is 5.32 Å². The van der Waals surface area contributed by atoms with Gasteiger partial charge in [-0.15, -0.1) is 5.10 Å². The number of aromatic nitrogens is 4. The zero-order chi connectivity index (χ0) is 14.7. The molecule has 1 N–H and O–H groups in total. The molecule has 1 heterocycles. The zero-order valence-electron chi connectivity index (χ0n) is 12.5. The zero-order valence-corrected chi connectivity index (χ0v) is 12.5. The van der Waals surface area contributed by atoms with E-state index in [1.807, 2.05) is 4.68 Å². The molecule has 2 aliphatic rings. The van der Waals surface area contributed by atoms with Crippen molar-refractivity contribution in [2.45, 2.75) is 69.5 Å². The van der Waals surface area contributed by atoms with Crippen LogP contribution in [0.4, 0.5) is 0 Å².